The van der Waals surface area contributed by atoms with E-state index in [9.17, 15) is 14.9 Å². The summed E-state index contributed by atoms with van der Waals surface area (Å²) in [5, 5.41) is 15.7. The summed E-state index contributed by atoms with van der Waals surface area (Å²) >= 11 is 7.21. The van der Waals surface area contributed by atoms with E-state index in [1.807, 2.05) is 16.0 Å². The van der Waals surface area contributed by atoms with Crippen LogP contribution in [0.1, 0.15) is 16.1 Å². The zero-order chi connectivity index (χ0) is 15.7. The summed E-state index contributed by atoms with van der Waals surface area (Å²) in [5.74, 6) is -0.542. The Morgan fingerprint density at radius 1 is 1.50 bits per heavy atom. The van der Waals surface area contributed by atoms with Gasteiger partial charge in [0, 0.05) is 28.9 Å². The number of halogens is 1. The first kappa shape index (κ1) is 14.5. The number of imidazole rings is 1. The van der Waals surface area contributed by atoms with E-state index in [1.54, 1.807) is 6.20 Å². The zero-order valence-electron chi connectivity index (χ0n) is 11.0. The fourth-order valence-electron chi connectivity index (χ4n) is 1.98. The van der Waals surface area contributed by atoms with Crippen LogP contribution in [-0.4, -0.2) is 20.2 Å². The fourth-order valence-corrected chi connectivity index (χ4v) is 2.86. The molecule has 22 heavy (non-hydrogen) atoms. The number of thiazole rings is 1. The van der Waals surface area contributed by atoms with Crippen molar-refractivity contribution in [1.29, 1.82) is 0 Å². The van der Waals surface area contributed by atoms with Crippen molar-refractivity contribution in [1.82, 2.24) is 14.7 Å². The second-order valence-corrected chi connectivity index (χ2v) is 5.74. The lowest BCUT2D eigenvalue weighted by molar-refractivity contribution is -0.385. The molecule has 0 atom stereocenters. The van der Waals surface area contributed by atoms with Gasteiger partial charge in [-0.3, -0.25) is 19.3 Å². The first-order chi connectivity index (χ1) is 10.5. The van der Waals surface area contributed by atoms with Gasteiger partial charge >= 0.3 is 0 Å². The second kappa shape index (κ2) is 5.74. The highest BCUT2D eigenvalue weighted by Gasteiger charge is 2.20. The van der Waals surface area contributed by atoms with Crippen molar-refractivity contribution in [2.75, 3.05) is 0 Å². The van der Waals surface area contributed by atoms with Crippen molar-refractivity contribution in [3.8, 4) is 0 Å². The van der Waals surface area contributed by atoms with E-state index in [0.29, 0.717) is 5.69 Å². The minimum absolute atomic E-state index is 0.0320. The van der Waals surface area contributed by atoms with Crippen LogP contribution in [0.25, 0.3) is 4.96 Å². The highest BCUT2D eigenvalue weighted by molar-refractivity contribution is 7.15. The first-order valence-corrected chi connectivity index (χ1v) is 7.43. The predicted molar refractivity (Wildman–Crippen MR) is 82.3 cm³/mol. The van der Waals surface area contributed by atoms with E-state index >= 15 is 0 Å². The number of nitro groups is 1. The molecule has 2 aromatic heterocycles. The number of nitrogens with one attached hydrogen (secondary N) is 1. The molecule has 112 valence electrons. The Labute approximate surface area is 133 Å². The molecule has 0 radical (unpaired) electrons. The number of benzene rings is 1. The average Bonchev–Trinajstić information content (AvgIpc) is 3.05. The molecule has 2 heterocycles. The summed E-state index contributed by atoms with van der Waals surface area (Å²) in [6, 6.07) is 3.93. The van der Waals surface area contributed by atoms with Crippen molar-refractivity contribution in [2.45, 2.75) is 6.54 Å². The summed E-state index contributed by atoms with van der Waals surface area (Å²) in [7, 11) is 0. The Kier molecular flexibility index (Phi) is 3.78. The van der Waals surface area contributed by atoms with Gasteiger partial charge in [0.05, 0.1) is 17.2 Å². The fraction of sp³-hybridized carbons (Fsp3) is 0.0769. The summed E-state index contributed by atoms with van der Waals surface area (Å²) in [4.78, 5) is 27.6. The third-order valence-corrected chi connectivity index (χ3v) is 3.98. The number of hydrogen-bond acceptors (Lipinski definition) is 5. The highest BCUT2D eigenvalue weighted by Crippen LogP contribution is 2.23. The minimum Gasteiger partial charge on any atom is -0.346 e. The van der Waals surface area contributed by atoms with Gasteiger partial charge in [-0.2, -0.15) is 0 Å². The van der Waals surface area contributed by atoms with Gasteiger partial charge in [-0.25, -0.2) is 4.98 Å². The molecule has 3 rings (SSSR count). The van der Waals surface area contributed by atoms with Gasteiger partial charge in [-0.15, -0.1) is 11.3 Å². The van der Waals surface area contributed by atoms with Crippen LogP contribution in [0.3, 0.4) is 0 Å². The van der Waals surface area contributed by atoms with E-state index in [0.717, 1.165) is 11.0 Å². The summed E-state index contributed by atoms with van der Waals surface area (Å²) in [6.07, 6.45) is 3.66. The standard InChI is InChI=1S/C13H9ClN4O3S/c14-8-1-2-10(11(5-8)18(20)21)12(19)15-6-9-7-17-3-4-22-13(17)16-9/h1-5,7H,6H2,(H,15,19). The summed E-state index contributed by atoms with van der Waals surface area (Å²) < 4.78 is 1.84. The van der Waals surface area contributed by atoms with Crippen LogP contribution < -0.4 is 5.32 Å². The Balaban J connectivity index is 1.77. The molecule has 0 aliphatic heterocycles. The molecule has 0 aliphatic rings. The number of nitrogens with zero attached hydrogens (tertiary/aromatic N) is 3. The summed E-state index contributed by atoms with van der Waals surface area (Å²) in [6.45, 7) is 0.188. The molecule has 7 nitrogen and oxygen atoms in total. The first-order valence-electron chi connectivity index (χ1n) is 6.18. The lowest BCUT2D eigenvalue weighted by Gasteiger charge is -2.04. The lowest BCUT2D eigenvalue weighted by atomic mass is 10.1. The molecule has 0 saturated carbocycles. The molecule has 3 aromatic rings. The molecule has 9 heteroatoms. The van der Waals surface area contributed by atoms with Crippen LogP contribution in [0.5, 0.6) is 0 Å². The number of nitro benzene ring substituents is 1. The quantitative estimate of drug-likeness (QED) is 0.586. The SMILES string of the molecule is O=C(NCc1cn2ccsc2n1)c1ccc(Cl)cc1[N+](=O)[O-]. The van der Waals surface area contributed by atoms with Crippen LogP contribution in [-0.2, 0) is 6.54 Å². The molecule has 0 bridgehead atoms. The van der Waals surface area contributed by atoms with Crippen LogP contribution in [0.4, 0.5) is 5.69 Å². The maximum Gasteiger partial charge on any atom is 0.283 e. The Morgan fingerprint density at radius 2 is 2.32 bits per heavy atom. The highest BCUT2D eigenvalue weighted by atomic mass is 35.5. The molecule has 0 fully saturated rings. The van der Waals surface area contributed by atoms with Crippen LogP contribution in [0, 0.1) is 10.1 Å². The normalized spacial score (nSPS) is 10.8. The van der Waals surface area contributed by atoms with Gasteiger partial charge in [0.1, 0.15) is 5.56 Å². The Hall–Kier alpha value is -2.45. The van der Waals surface area contributed by atoms with Gasteiger partial charge in [-0.1, -0.05) is 11.6 Å². The van der Waals surface area contributed by atoms with E-state index in [4.69, 9.17) is 11.6 Å². The smallest absolute Gasteiger partial charge is 0.283 e. The molecule has 1 aromatic carbocycles. The number of aromatic nitrogens is 2. The van der Waals surface area contributed by atoms with Gasteiger partial charge in [-0.05, 0) is 12.1 Å². The molecule has 1 amide bonds. The largest absolute Gasteiger partial charge is 0.346 e. The zero-order valence-corrected chi connectivity index (χ0v) is 12.6. The number of fused-ring (bicyclic) bond motifs is 1. The van der Waals surface area contributed by atoms with Crippen molar-refractivity contribution in [3.05, 3.63) is 62.4 Å². The Morgan fingerprint density at radius 3 is 3.05 bits per heavy atom. The van der Waals surface area contributed by atoms with Gasteiger partial charge < -0.3 is 5.32 Å². The molecule has 1 N–H and O–H groups in total. The lowest BCUT2D eigenvalue weighted by Crippen LogP contribution is -2.23. The van der Waals surface area contributed by atoms with E-state index in [-0.39, 0.29) is 22.8 Å². The minimum atomic E-state index is -0.632. The Bertz CT molecular complexity index is 845. The van der Waals surface area contributed by atoms with Gasteiger partial charge in [0.25, 0.3) is 11.6 Å². The maximum atomic E-state index is 12.1. The van der Waals surface area contributed by atoms with Crippen molar-refractivity contribution in [2.24, 2.45) is 0 Å². The average molecular weight is 337 g/mol. The number of amides is 1. The van der Waals surface area contributed by atoms with Crippen LogP contribution in [0.15, 0.2) is 36.0 Å². The third-order valence-electron chi connectivity index (χ3n) is 2.97. The predicted octanol–water partition coefficient (Wildman–Crippen LogP) is 2.89. The number of carbonyl (C=O) groups is 1. The van der Waals surface area contributed by atoms with Crippen LogP contribution in [0.2, 0.25) is 5.02 Å². The topological polar surface area (TPSA) is 89.5 Å². The van der Waals surface area contributed by atoms with Crippen molar-refractivity contribution < 1.29 is 9.72 Å². The molecule has 0 aliphatic carbocycles. The van der Waals surface area contributed by atoms with Gasteiger partial charge in [0.15, 0.2) is 4.96 Å². The number of carbonyl (C=O) groups excluding carboxylic acids is 1. The van der Waals surface area contributed by atoms with E-state index in [2.05, 4.69) is 10.3 Å². The monoisotopic (exact) mass is 336 g/mol. The third kappa shape index (κ3) is 2.78. The van der Waals surface area contributed by atoms with Crippen LogP contribution >= 0.6 is 22.9 Å². The van der Waals surface area contributed by atoms with Gasteiger partial charge in [0.2, 0.25) is 0 Å². The molecule has 0 unspecified atom stereocenters. The maximum absolute atomic E-state index is 12.1. The van der Waals surface area contributed by atoms with Crippen molar-refractivity contribution >= 4 is 39.5 Å². The van der Waals surface area contributed by atoms with E-state index < -0.39 is 10.8 Å². The summed E-state index contributed by atoms with van der Waals surface area (Å²) in [5.41, 5.74) is 0.322. The molecule has 0 spiro atoms. The molecule has 0 saturated heterocycles. The van der Waals surface area contributed by atoms with Crippen molar-refractivity contribution in [3.63, 3.8) is 0 Å². The number of rotatable bonds is 4. The molecular weight excluding hydrogens is 328 g/mol. The molecular formula is C13H9ClN4O3S. The second-order valence-electron chi connectivity index (χ2n) is 4.43. The number of hydrogen-bond donors (Lipinski definition) is 1. The van der Waals surface area contributed by atoms with E-state index in [1.165, 1.54) is 23.5 Å².